The zero-order chi connectivity index (χ0) is 25.4. The van der Waals surface area contributed by atoms with E-state index in [9.17, 15) is 13.2 Å². The fraction of sp³-hybridized carbons (Fsp3) is 0.107. The number of hydrazone groups is 1. The number of rotatable bonds is 9. The maximum Gasteiger partial charge on any atom is 0.271 e. The van der Waals surface area contributed by atoms with Crippen molar-refractivity contribution in [2.24, 2.45) is 5.10 Å². The smallest absolute Gasteiger partial charge is 0.267 e. The number of carbonyl (C=O) groups excluding carboxylic acids is 1. The average molecular weight is 499 g/mol. The first kappa shape index (κ1) is 25.0. The quantitative estimate of drug-likeness (QED) is 0.269. The molecule has 0 aliphatic rings. The van der Waals surface area contributed by atoms with Crippen LogP contribution in [0.25, 0.3) is 0 Å². The van der Waals surface area contributed by atoms with Gasteiger partial charge in [-0.3, -0.25) is 9.78 Å². The van der Waals surface area contributed by atoms with Crippen LogP contribution in [0.2, 0.25) is 0 Å². The third kappa shape index (κ3) is 6.29. The van der Waals surface area contributed by atoms with Gasteiger partial charge in [0.25, 0.3) is 5.91 Å². The summed E-state index contributed by atoms with van der Waals surface area (Å²) in [5, 5.41) is 4.14. The van der Waals surface area contributed by atoms with Crippen LogP contribution in [-0.4, -0.2) is 29.3 Å². The number of hydrogen-bond donors (Lipinski definition) is 1. The van der Waals surface area contributed by atoms with Gasteiger partial charge in [0.05, 0.1) is 10.6 Å². The number of sulfonamides is 1. The van der Waals surface area contributed by atoms with Crippen LogP contribution in [0.5, 0.6) is 0 Å². The summed E-state index contributed by atoms with van der Waals surface area (Å²) < 4.78 is 28.3. The highest BCUT2D eigenvalue weighted by molar-refractivity contribution is 7.89. The maximum absolute atomic E-state index is 13.4. The van der Waals surface area contributed by atoms with Gasteiger partial charge in [-0.2, -0.15) is 9.41 Å². The van der Waals surface area contributed by atoms with Crippen LogP contribution in [0.15, 0.2) is 119 Å². The molecule has 0 radical (unpaired) electrons. The van der Waals surface area contributed by atoms with Gasteiger partial charge in [0.15, 0.2) is 0 Å². The van der Waals surface area contributed by atoms with Gasteiger partial charge in [0.1, 0.15) is 0 Å². The minimum absolute atomic E-state index is 0.159. The van der Waals surface area contributed by atoms with Gasteiger partial charge in [0.2, 0.25) is 10.0 Å². The van der Waals surface area contributed by atoms with Crippen LogP contribution in [0.1, 0.15) is 34.0 Å². The number of benzene rings is 3. The molecule has 0 saturated carbocycles. The molecule has 0 unspecified atom stereocenters. The average Bonchev–Trinajstić information content (AvgIpc) is 2.93. The largest absolute Gasteiger partial charge is 0.271 e. The highest BCUT2D eigenvalue weighted by Gasteiger charge is 2.25. The zero-order valence-electron chi connectivity index (χ0n) is 19.8. The van der Waals surface area contributed by atoms with Gasteiger partial charge in [-0.25, -0.2) is 13.8 Å². The first-order valence-electron chi connectivity index (χ1n) is 11.4. The summed E-state index contributed by atoms with van der Waals surface area (Å²) in [7, 11) is -3.74. The van der Waals surface area contributed by atoms with Crippen molar-refractivity contribution in [3.63, 3.8) is 0 Å². The van der Waals surface area contributed by atoms with Gasteiger partial charge in [-0.05, 0) is 48.4 Å². The van der Waals surface area contributed by atoms with Crippen LogP contribution in [0.3, 0.4) is 0 Å². The van der Waals surface area contributed by atoms with Gasteiger partial charge in [-0.1, -0.05) is 66.7 Å². The second kappa shape index (κ2) is 11.5. The van der Waals surface area contributed by atoms with E-state index in [1.807, 2.05) is 36.4 Å². The Morgan fingerprint density at radius 3 is 2.03 bits per heavy atom. The second-order valence-electron chi connectivity index (χ2n) is 8.15. The lowest BCUT2D eigenvalue weighted by molar-refractivity contribution is 0.0955. The molecule has 0 aliphatic carbocycles. The summed E-state index contributed by atoms with van der Waals surface area (Å²) in [5.41, 5.74) is 6.06. The molecule has 1 N–H and O–H groups in total. The molecule has 36 heavy (non-hydrogen) atoms. The summed E-state index contributed by atoms with van der Waals surface area (Å²) in [5.74, 6) is -0.358. The highest BCUT2D eigenvalue weighted by Crippen LogP contribution is 2.21. The Balaban J connectivity index is 1.50. The van der Waals surface area contributed by atoms with E-state index >= 15 is 0 Å². The topological polar surface area (TPSA) is 91.7 Å². The number of hydrogen-bond acceptors (Lipinski definition) is 5. The number of carbonyl (C=O) groups is 1. The van der Waals surface area contributed by atoms with Crippen molar-refractivity contribution in [2.75, 3.05) is 0 Å². The molecule has 0 bridgehead atoms. The fourth-order valence-electron chi connectivity index (χ4n) is 3.56. The predicted molar refractivity (Wildman–Crippen MR) is 140 cm³/mol. The number of amides is 1. The lowest BCUT2D eigenvalue weighted by Gasteiger charge is -2.22. The monoisotopic (exact) mass is 498 g/mol. The first-order valence-corrected chi connectivity index (χ1v) is 12.8. The molecule has 1 aromatic heterocycles. The van der Waals surface area contributed by atoms with Crippen LogP contribution in [0.4, 0.5) is 0 Å². The summed E-state index contributed by atoms with van der Waals surface area (Å²) in [6.45, 7) is 2.17. The van der Waals surface area contributed by atoms with E-state index in [2.05, 4.69) is 15.5 Å². The van der Waals surface area contributed by atoms with Crippen molar-refractivity contribution >= 4 is 21.6 Å². The Bertz CT molecular complexity index is 1420. The molecule has 0 aliphatic heterocycles. The van der Waals surface area contributed by atoms with E-state index in [4.69, 9.17) is 0 Å². The third-order valence-corrected chi connectivity index (χ3v) is 7.37. The second-order valence-corrected chi connectivity index (χ2v) is 10.1. The van der Waals surface area contributed by atoms with E-state index in [1.54, 1.807) is 80.0 Å². The number of nitrogens with one attached hydrogen (secondary N) is 1. The Labute approximate surface area is 211 Å². The van der Waals surface area contributed by atoms with Gasteiger partial charge < -0.3 is 0 Å². The standard InChI is InChI=1S/C28H26N4O3S/c1-22(26-11-8-18-29-19-26)30-31-28(33)25-16-14-24(15-17-25)21-32(20-23-9-4-2-5-10-23)36(34,35)27-12-6-3-7-13-27/h2-19H,20-21H2,1H3,(H,31,33). The molecule has 0 saturated heterocycles. The Morgan fingerprint density at radius 2 is 1.42 bits per heavy atom. The van der Waals surface area contributed by atoms with Crippen molar-refractivity contribution in [1.29, 1.82) is 0 Å². The Hall–Kier alpha value is -4.14. The van der Waals surface area contributed by atoms with Crippen molar-refractivity contribution in [3.05, 3.63) is 132 Å². The fourth-order valence-corrected chi connectivity index (χ4v) is 5.00. The minimum atomic E-state index is -3.74. The molecule has 0 fully saturated rings. The van der Waals surface area contributed by atoms with E-state index in [1.165, 1.54) is 4.31 Å². The predicted octanol–water partition coefficient (Wildman–Crippen LogP) is 4.63. The molecule has 0 atom stereocenters. The van der Waals surface area contributed by atoms with Crippen LogP contribution >= 0.6 is 0 Å². The van der Waals surface area contributed by atoms with Gasteiger partial charge in [-0.15, -0.1) is 0 Å². The summed E-state index contributed by atoms with van der Waals surface area (Å²) in [6.07, 6.45) is 3.34. The van der Waals surface area contributed by atoms with Crippen molar-refractivity contribution in [3.8, 4) is 0 Å². The van der Waals surface area contributed by atoms with Crippen LogP contribution in [0, 0.1) is 0 Å². The van der Waals surface area contributed by atoms with Gasteiger partial charge >= 0.3 is 0 Å². The Morgan fingerprint density at radius 1 is 0.806 bits per heavy atom. The SMILES string of the molecule is CC(=NNC(=O)c1ccc(CN(Cc2ccccc2)S(=O)(=O)c2ccccc2)cc1)c1cccnc1. The van der Waals surface area contributed by atoms with Crippen molar-refractivity contribution in [1.82, 2.24) is 14.7 Å². The van der Waals surface area contributed by atoms with E-state index < -0.39 is 10.0 Å². The molecule has 7 nitrogen and oxygen atoms in total. The lowest BCUT2D eigenvalue weighted by Crippen LogP contribution is -2.30. The van der Waals surface area contributed by atoms with Crippen molar-refractivity contribution < 1.29 is 13.2 Å². The van der Waals surface area contributed by atoms with Crippen molar-refractivity contribution in [2.45, 2.75) is 24.9 Å². The summed E-state index contributed by atoms with van der Waals surface area (Å²) >= 11 is 0. The molecule has 3 aromatic carbocycles. The molecule has 4 aromatic rings. The van der Waals surface area contributed by atoms with E-state index in [0.717, 1.165) is 16.7 Å². The first-order chi connectivity index (χ1) is 17.4. The highest BCUT2D eigenvalue weighted by atomic mass is 32.2. The minimum Gasteiger partial charge on any atom is -0.267 e. The van der Waals surface area contributed by atoms with Crippen LogP contribution < -0.4 is 5.43 Å². The van der Waals surface area contributed by atoms with E-state index in [-0.39, 0.29) is 23.9 Å². The third-order valence-electron chi connectivity index (χ3n) is 5.56. The maximum atomic E-state index is 13.4. The normalized spacial score (nSPS) is 11.9. The lowest BCUT2D eigenvalue weighted by atomic mass is 10.1. The summed E-state index contributed by atoms with van der Waals surface area (Å²) in [4.78, 5) is 16.8. The molecule has 4 rings (SSSR count). The Kier molecular flexibility index (Phi) is 7.99. The number of nitrogens with zero attached hydrogens (tertiary/aromatic N) is 3. The molecule has 8 heteroatoms. The van der Waals surface area contributed by atoms with E-state index in [0.29, 0.717) is 11.3 Å². The molecule has 182 valence electrons. The molecule has 0 spiro atoms. The number of pyridine rings is 1. The number of aromatic nitrogens is 1. The molecular weight excluding hydrogens is 472 g/mol. The molecule has 1 heterocycles. The zero-order valence-corrected chi connectivity index (χ0v) is 20.6. The van der Waals surface area contributed by atoms with Gasteiger partial charge in [0, 0.05) is 36.6 Å². The molecular formula is C28H26N4O3S. The summed E-state index contributed by atoms with van der Waals surface area (Å²) in [6, 6.07) is 28.3. The molecule has 1 amide bonds. The van der Waals surface area contributed by atoms with Crippen LogP contribution in [-0.2, 0) is 23.1 Å².